The molecule has 98 valence electrons. The second kappa shape index (κ2) is 4.53. The monoisotopic (exact) mass is 256 g/mol. The average molecular weight is 256 g/mol. The molecule has 0 fully saturated rings. The van der Waals surface area contributed by atoms with E-state index in [9.17, 15) is 9.90 Å². The predicted octanol–water partition coefficient (Wildman–Crippen LogP) is 3.15. The summed E-state index contributed by atoms with van der Waals surface area (Å²) in [7, 11) is 0. The lowest BCUT2D eigenvalue weighted by Crippen LogP contribution is -2.14. The first kappa shape index (κ1) is 12.0. The van der Waals surface area contributed by atoms with Crippen molar-refractivity contribution in [3.8, 4) is 11.3 Å². The number of aromatic carboxylic acids is 1. The molecule has 1 aromatic carbocycles. The van der Waals surface area contributed by atoms with Crippen LogP contribution in [0.4, 0.5) is 0 Å². The highest BCUT2D eigenvalue weighted by Crippen LogP contribution is 2.29. The molecule has 0 saturated carbocycles. The van der Waals surface area contributed by atoms with Gasteiger partial charge in [-0.25, -0.2) is 9.78 Å². The number of benzene rings is 1. The summed E-state index contributed by atoms with van der Waals surface area (Å²) in [5.74, 6) is 0.156. The van der Waals surface area contributed by atoms with Gasteiger partial charge in [-0.1, -0.05) is 18.2 Å². The number of aromatic nitrogens is 2. The molecule has 0 bridgehead atoms. The Kier molecular flexibility index (Phi) is 2.85. The lowest BCUT2D eigenvalue weighted by atomic mass is 10.1. The molecule has 19 heavy (non-hydrogen) atoms. The molecular weight excluding hydrogens is 240 g/mol. The van der Waals surface area contributed by atoms with Gasteiger partial charge in [0.1, 0.15) is 5.82 Å². The van der Waals surface area contributed by atoms with E-state index in [4.69, 9.17) is 0 Å². The lowest BCUT2D eigenvalue weighted by molar-refractivity contribution is 0.0697. The standard InChI is InChI=1S/C15H16N2O2/c1-10-5-4-8-14-16-13(9-17(10)14)11-6-2-3-7-12(11)15(18)19/h2-3,6-7,9-10H,4-5,8H2,1H3,(H,18,19). The molecule has 1 aromatic heterocycles. The Hall–Kier alpha value is -2.10. The van der Waals surface area contributed by atoms with Crippen LogP contribution in [-0.4, -0.2) is 20.6 Å². The number of hydrogen-bond acceptors (Lipinski definition) is 2. The maximum Gasteiger partial charge on any atom is 0.336 e. The van der Waals surface area contributed by atoms with Crippen molar-refractivity contribution in [2.75, 3.05) is 0 Å². The Morgan fingerprint density at radius 2 is 2.21 bits per heavy atom. The zero-order valence-electron chi connectivity index (χ0n) is 10.8. The van der Waals surface area contributed by atoms with Crippen molar-refractivity contribution in [1.82, 2.24) is 9.55 Å². The van der Waals surface area contributed by atoms with Gasteiger partial charge in [0.2, 0.25) is 0 Å². The highest BCUT2D eigenvalue weighted by Gasteiger charge is 2.20. The van der Waals surface area contributed by atoms with Crippen LogP contribution < -0.4 is 0 Å². The minimum Gasteiger partial charge on any atom is -0.478 e. The molecule has 0 saturated heterocycles. The summed E-state index contributed by atoms with van der Waals surface area (Å²) < 4.78 is 2.18. The van der Waals surface area contributed by atoms with Crippen molar-refractivity contribution < 1.29 is 9.90 Å². The Bertz CT molecular complexity index is 631. The van der Waals surface area contributed by atoms with E-state index in [1.807, 2.05) is 18.3 Å². The first-order valence-electron chi connectivity index (χ1n) is 6.57. The largest absolute Gasteiger partial charge is 0.478 e. The van der Waals surface area contributed by atoms with Crippen LogP contribution in [0.1, 0.15) is 42.0 Å². The fourth-order valence-corrected chi connectivity index (χ4v) is 2.72. The van der Waals surface area contributed by atoms with E-state index < -0.39 is 5.97 Å². The number of fused-ring (bicyclic) bond motifs is 1. The molecule has 3 rings (SSSR count). The molecule has 0 amide bonds. The Labute approximate surface area is 111 Å². The molecule has 0 radical (unpaired) electrons. The number of carboxylic acids is 1. The molecule has 1 N–H and O–H groups in total. The zero-order chi connectivity index (χ0) is 13.4. The van der Waals surface area contributed by atoms with Gasteiger partial charge in [0.25, 0.3) is 0 Å². The normalized spacial score (nSPS) is 18.1. The molecule has 1 aliphatic heterocycles. The summed E-state index contributed by atoms with van der Waals surface area (Å²) in [6.45, 7) is 2.18. The van der Waals surface area contributed by atoms with Crippen LogP contribution in [0.2, 0.25) is 0 Å². The minimum atomic E-state index is -0.908. The molecule has 2 heterocycles. The van der Waals surface area contributed by atoms with Gasteiger partial charge in [0, 0.05) is 24.2 Å². The van der Waals surface area contributed by atoms with Crippen LogP contribution in [0.25, 0.3) is 11.3 Å². The number of rotatable bonds is 2. The summed E-state index contributed by atoms with van der Waals surface area (Å²) in [5, 5.41) is 9.25. The third-order valence-electron chi connectivity index (χ3n) is 3.74. The summed E-state index contributed by atoms with van der Waals surface area (Å²) in [6, 6.07) is 7.48. The number of imidazole rings is 1. The van der Waals surface area contributed by atoms with E-state index >= 15 is 0 Å². The summed E-state index contributed by atoms with van der Waals surface area (Å²) >= 11 is 0. The van der Waals surface area contributed by atoms with Gasteiger partial charge in [-0.2, -0.15) is 0 Å². The van der Waals surface area contributed by atoms with E-state index in [-0.39, 0.29) is 0 Å². The summed E-state index contributed by atoms with van der Waals surface area (Å²) in [5.41, 5.74) is 1.77. The van der Waals surface area contributed by atoms with Gasteiger partial charge in [-0.15, -0.1) is 0 Å². The van der Waals surface area contributed by atoms with Crippen molar-refractivity contribution in [2.45, 2.75) is 32.2 Å². The highest BCUT2D eigenvalue weighted by atomic mass is 16.4. The van der Waals surface area contributed by atoms with Crippen LogP contribution in [0.5, 0.6) is 0 Å². The van der Waals surface area contributed by atoms with E-state index in [0.717, 1.165) is 30.8 Å². The number of aryl methyl sites for hydroxylation is 1. The van der Waals surface area contributed by atoms with Crippen LogP contribution in [-0.2, 0) is 6.42 Å². The average Bonchev–Trinajstić information content (AvgIpc) is 2.84. The maximum absolute atomic E-state index is 11.3. The van der Waals surface area contributed by atoms with E-state index in [1.54, 1.807) is 12.1 Å². The molecule has 1 aliphatic rings. The Balaban J connectivity index is 2.11. The smallest absolute Gasteiger partial charge is 0.336 e. The molecule has 4 nitrogen and oxygen atoms in total. The van der Waals surface area contributed by atoms with Crippen molar-refractivity contribution in [1.29, 1.82) is 0 Å². The van der Waals surface area contributed by atoms with Crippen molar-refractivity contribution in [2.24, 2.45) is 0 Å². The number of carboxylic acid groups (broad SMARTS) is 1. The van der Waals surface area contributed by atoms with Crippen LogP contribution in [0.15, 0.2) is 30.5 Å². The van der Waals surface area contributed by atoms with Crippen molar-refractivity contribution >= 4 is 5.97 Å². The predicted molar refractivity (Wildman–Crippen MR) is 72.3 cm³/mol. The van der Waals surface area contributed by atoms with Gasteiger partial charge in [0.05, 0.1) is 11.3 Å². The number of hydrogen-bond donors (Lipinski definition) is 1. The van der Waals surface area contributed by atoms with Gasteiger partial charge >= 0.3 is 5.97 Å². The fraction of sp³-hybridized carbons (Fsp3) is 0.333. The van der Waals surface area contributed by atoms with Crippen LogP contribution in [0.3, 0.4) is 0 Å². The molecular formula is C15H16N2O2. The van der Waals surface area contributed by atoms with E-state index in [0.29, 0.717) is 17.2 Å². The fourth-order valence-electron chi connectivity index (χ4n) is 2.72. The number of carbonyl (C=O) groups is 1. The van der Waals surface area contributed by atoms with Gasteiger partial charge in [-0.3, -0.25) is 0 Å². The first-order valence-corrected chi connectivity index (χ1v) is 6.57. The van der Waals surface area contributed by atoms with E-state index in [2.05, 4.69) is 16.5 Å². The molecule has 2 aromatic rings. The molecule has 1 atom stereocenters. The van der Waals surface area contributed by atoms with Crippen molar-refractivity contribution in [3.05, 3.63) is 41.9 Å². The summed E-state index contributed by atoms with van der Waals surface area (Å²) in [6.07, 6.45) is 5.27. The zero-order valence-corrected chi connectivity index (χ0v) is 10.8. The third kappa shape index (κ3) is 2.03. The quantitative estimate of drug-likeness (QED) is 0.898. The highest BCUT2D eigenvalue weighted by molar-refractivity contribution is 5.95. The van der Waals surface area contributed by atoms with E-state index in [1.165, 1.54) is 0 Å². The molecule has 1 unspecified atom stereocenters. The summed E-state index contributed by atoms with van der Waals surface area (Å²) in [4.78, 5) is 15.9. The Morgan fingerprint density at radius 1 is 1.42 bits per heavy atom. The molecule has 0 spiro atoms. The van der Waals surface area contributed by atoms with Crippen molar-refractivity contribution in [3.63, 3.8) is 0 Å². The molecule has 0 aliphatic carbocycles. The Morgan fingerprint density at radius 3 is 2.95 bits per heavy atom. The second-order valence-electron chi connectivity index (χ2n) is 5.04. The van der Waals surface area contributed by atoms with Gasteiger partial charge in [0.15, 0.2) is 0 Å². The van der Waals surface area contributed by atoms with Crippen LogP contribution in [0, 0.1) is 0 Å². The first-order chi connectivity index (χ1) is 9.16. The topological polar surface area (TPSA) is 55.1 Å². The second-order valence-corrected chi connectivity index (χ2v) is 5.04. The van der Waals surface area contributed by atoms with Crippen LogP contribution >= 0.6 is 0 Å². The lowest BCUT2D eigenvalue weighted by Gasteiger charge is -2.20. The maximum atomic E-state index is 11.3. The SMILES string of the molecule is CC1CCCc2nc(-c3ccccc3C(=O)O)cn21. The minimum absolute atomic E-state index is 0.311. The third-order valence-corrected chi connectivity index (χ3v) is 3.74. The molecule has 4 heteroatoms. The number of nitrogens with zero attached hydrogens (tertiary/aromatic N) is 2. The van der Waals surface area contributed by atoms with Gasteiger partial charge < -0.3 is 9.67 Å². The van der Waals surface area contributed by atoms with Gasteiger partial charge in [-0.05, 0) is 25.8 Å².